The normalized spacial score (nSPS) is 15.4. The Morgan fingerprint density at radius 1 is 1.10 bits per heavy atom. The van der Waals surface area contributed by atoms with Crippen LogP contribution in [0.25, 0.3) is 6.08 Å². The van der Waals surface area contributed by atoms with E-state index in [9.17, 15) is 14.7 Å². The van der Waals surface area contributed by atoms with Gasteiger partial charge < -0.3 is 9.84 Å². The number of halogens is 1. The first kappa shape index (κ1) is 26.7. The zero-order valence-electron chi connectivity index (χ0n) is 20.7. The van der Waals surface area contributed by atoms with Crippen LogP contribution in [0.5, 0.6) is 5.75 Å². The number of anilines is 1. The van der Waals surface area contributed by atoms with E-state index in [-0.39, 0.29) is 10.7 Å². The lowest BCUT2D eigenvalue weighted by Gasteiger charge is -2.24. The van der Waals surface area contributed by atoms with Crippen molar-refractivity contribution in [1.29, 1.82) is 0 Å². The van der Waals surface area contributed by atoms with Gasteiger partial charge in [0.25, 0.3) is 5.91 Å². The Balaban J connectivity index is 1.47. The molecule has 1 unspecified atom stereocenters. The van der Waals surface area contributed by atoms with Gasteiger partial charge in [0.05, 0.1) is 18.7 Å². The lowest BCUT2D eigenvalue weighted by Crippen LogP contribution is -2.30. The van der Waals surface area contributed by atoms with E-state index in [2.05, 4.69) is 10.2 Å². The molecular weight excluding hydrogens is 554 g/mol. The lowest BCUT2D eigenvalue weighted by molar-refractivity contribution is -0.117. The van der Waals surface area contributed by atoms with Crippen LogP contribution in [-0.2, 0) is 15.3 Å². The highest BCUT2D eigenvalue weighted by Crippen LogP contribution is 2.44. The number of carbonyl (C=O) groups is 2. The van der Waals surface area contributed by atoms with Crippen molar-refractivity contribution in [2.24, 2.45) is 0 Å². The Morgan fingerprint density at radius 2 is 1.87 bits per heavy atom. The van der Waals surface area contributed by atoms with Gasteiger partial charge in [0, 0.05) is 10.8 Å². The number of methoxy groups -OCH3 is 1. The predicted molar refractivity (Wildman–Crippen MR) is 154 cm³/mol. The molecule has 5 rings (SSSR count). The summed E-state index contributed by atoms with van der Waals surface area (Å²) in [5.74, 6) is -0.631. The molecule has 10 heteroatoms. The van der Waals surface area contributed by atoms with Gasteiger partial charge in [-0.25, -0.2) is 0 Å². The summed E-state index contributed by atoms with van der Waals surface area (Å²) in [6, 6.07) is 22.9. The molecule has 0 saturated heterocycles. The molecule has 1 atom stereocenters. The highest BCUT2D eigenvalue weighted by molar-refractivity contribution is 8.00. The number of allylic oxidation sites excluding steroid dienone is 1. The summed E-state index contributed by atoms with van der Waals surface area (Å²) in [4.78, 5) is 28.1. The number of hydrogen-bond acceptors (Lipinski definition) is 8. The number of amides is 1. The summed E-state index contributed by atoms with van der Waals surface area (Å²) in [6.07, 6.45) is 3.01. The van der Waals surface area contributed by atoms with Crippen LogP contribution in [0.2, 0.25) is 5.02 Å². The van der Waals surface area contributed by atoms with Crippen molar-refractivity contribution in [3.63, 3.8) is 0 Å². The summed E-state index contributed by atoms with van der Waals surface area (Å²) in [5.41, 5.74) is 2.43. The van der Waals surface area contributed by atoms with Gasteiger partial charge in [0.2, 0.25) is 5.13 Å². The first-order chi connectivity index (χ1) is 18.9. The largest absolute Gasteiger partial charge is 0.503 e. The Morgan fingerprint density at radius 3 is 2.62 bits per heavy atom. The third-order valence-corrected chi connectivity index (χ3v) is 8.37. The molecule has 1 amide bonds. The second kappa shape index (κ2) is 11.9. The third kappa shape index (κ3) is 5.90. The van der Waals surface area contributed by atoms with E-state index in [1.54, 1.807) is 30.3 Å². The third-order valence-electron chi connectivity index (χ3n) is 5.99. The molecule has 1 aliphatic rings. The van der Waals surface area contributed by atoms with Gasteiger partial charge in [-0.2, -0.15) is 0 Å². The number of carbonyl (C=O) groups excluding carboxylic acids is 2. The highest BCUT2D eigenvalue weighted by atomic mass is 35.5. The average molecular weight is 576 g/mol. The zero-order chi connectivity index (χ0) is 27.4. The van der Waals surface area contributed by atoms with E-state index in [1.807, 2.05) is 54.6 Å². The molecular formula is C29H22ClN3O4S2. The molecule has 1 N–H and O–H groups in total. The molecule has 3 aromatic carbocycles. The molecule has 4 aromatic rings. The summed E-state index contributed by atoms with van der Waals surface area (Å²) >= 11 is 8.65. The molecule has 0 saturated carbocycles. The second-order valence-corrected chi connectivity index (χ2v) is 11.1. The Labute approximate surface area is 238 Å². The summed E-state index contributed by atoms with van der Waals surface area (Å²) in [6.45, 7) is 0. The molecule has 0 spiro atoms. The number of hydrogen-bond donors (Lipinski definition) is 1. The SMILES string of the molecule is COc1cccc(C2C(C(=O)/C=C/c3ccccc3)=C(O)C(=O)N2c2nnc(SCc3ccc(Cl)cc3)s2)c1. The van der Waals surface area contributed by atoms with Crippen molar-refractivity contribution in [1.82, 2.24) is 10.2 Å². The van der Waals surface area contributed by atoms with E-state index in [1.165, 1.54) is 41.2 Å². The van der Waals surface area contributed by atoms with Gasteiger partial charge in [-0.05, 0) is 47.0 Å². The van der Waals surface area contributed by atoms with Crippen molar-refractivity contribution < 1.29 is 19.4 Å². The first-order valence-corrected chi connectivity index (χ1v) is 14.0. The monoisotopic (exact) mass is 575 g/mol. The average Bonchev–Trinajstić information content (AvgIpc) is 3.54. The summed E-state index contributed by atoms with van der Waals surface area (Å²) in [7, 11) is 1.54. The van der Waals surface area contributed by atoms with Gasteiger partial charge in [-0.15, -0.1) is 10.2 Å². The maximum absolute atomic E-state index is 13.4. The number of nitrogens with zero attached hydrogens (tertiary/aromatic N) is 3. The molecule has 7 nitrogen and oxygen atoms in total. The van der Waals surface area contributed by atoms with E-state index in [0.717, 1.165) is 11.1 Å². The number of ether oxygens (including phenoxy) is 1. The van der Waals surface area contributed by atoms with Gasteiger partial charge in [-0.3, -0.25) is 14.5 Å². The van der Waals surface area contributed by atoms with Crippen LogP contribution in [0.3, 0.4) is 0 Å². The number of rotatable bonds is 9. The molecule has 0 bridgehead atoms. The van der Waals surface area contributed by atoms with Gasteiger partial charge >= 0.3 is 0 Å². The fraction of sp³-hybridized carbons (Fsp3) is 0.103. The van der Waals surface area contributed by atoms with Crippen LogP contribution in [0, 0.1) is 0 Å². The fourth-order valence-corrected chi connectivity index (χ4v) is 6.04. The quantitative estimate of drug-likeness (QED) is 0.135. The molecule has 39 heavy (non-hydrogen) atoms. The first-order valence-electron chi connectivity index (χ1n) is 11.8. The number of thioether (sulfide) groups is 1. The van der Waals surface area contributed by atoms with Crippen LogP contribution in [0.4, 0.5) is 5.13 Å². The number of benzene rings is 3. The number of ketones is 1. The van der Waals surface area contributed by atoms with E-state index in [4.69, 9.17) is 16.3 Å². The van der Waals surface area contributed by atoms with Gasteiger partial charge in [0.15, 0.2) is 15.9 Å². The van der Waals surface area contributed by atoms with Crippen molar-refractivity contribution in [3.05, 3.63) is 118 Å². The minimum atomic E-state index is -0.914. The smallest absolute Gasteiger partial charge is 0.296 e. The second-order valence-electron chi connectivity index (χ2n) is 8.49. The maximum atomic E-state index is 13.4. The van der Waals surface area contributed by atoms with Gasteiger partial charge in [-0.1, -0.05) is 95.4 Å². The van der Waals surface area contributed by atoms with E-state index >= 15 is 0 Å². The molecule has 0 fully saturated rings. The van der Waals surface area contributed by atoms with Crippen molar-refractivity contribution in [2.75, 3.05) is 12.0 Å². The van der Waals surface area contributed by atoms with Crippen LogP contribution < -0.4 is 9.64 Å². The molecule has 2 heterocycles. The van der Waals surface area contributed by atoms with Crippen LogP contribution >= 0.6 is 34.7 Å². The molecule has 0 aliphatic carbocycles. The molecule has 0 radical (unpaired) electrons. The van der Waals surface area contributed by atoms with E-state index in [0.29, 0.717) is 26.4 Å². The minimum absolute atomic E-state index is 0.0361. The standard InChI is InChI=1S/C29H22ClN3O4S2/c1-37-22-9-5-8-20(16-22)25-24(23(34)15-12-18-6-3-2-4-7-18)26(35)27(36)33(25)28-31-32-29(39-28)38-17-19-10-13-21(30)14-11-19/h2-16,25,35H,17H2,1H3/b15-12+. The Bertz CT molecular complexity index is 1570. The van der Waals surface area contributed by atoms with Crippen molar-refractivity contribution >= 4 is 57.6 Å². The molecule has 196 valence electrons. The summed E-state index contributed by atoms with van der Waals surface area (Å²) < 4.78 is 6.02. The molecule has 1 aromatic heterocycles. The van der Waals surface area contributed by atoms with Crippen molar-refractivity contribution in [2.45, 2.75) is 16.1 Å². The fourth-order valence-electron chi connectivity index (χ4n) is 4.09. The number of aliphatic hydroxyl groups excluding tert-OH is 1. The van der Waals surface area contributed by atoms with Crippen LogP contribution in [-0.4, -0.2) is 34.1 Å². The minimum Gasteiger partial charge on any atom is -0.503 e. The van der Waals surface area contributed by atoms with Gasteiger partial charge in [0.1, 0.15) is 5.75 Å². The lowest BCUT2D eigenvalue weighted by atomic mass is 9.95. The topological polar surface area (TPSA) is 92.6 Å². The Hall–Kier alpha value is -3.92. The summed E-state index contributed by atoms with van der Waals surface area (Å²) in [5, 5.41) is 20.4. The van der Waals surface area contributed by atoms with Crippen LogP contribution in [0.1, 0.15) is 22.7 Å². The highest BCUT2D eigenvalue weighted by Gasteiger charge is 2.45. The Kier molecular flexibility index (Phi) is 8.11. The number of aromatic nitrogens is 2. The zero-order valence-corrected chi connectivity index (χ0v) is 23.0. The van der Waals surface area contributed by atoms with E-state index < -0.39 is 23.5 Å². The number of aliphatic hydroxyl groups is 1. The molecule has 1 aliphatic heterocycles. The maximum Gasteiger partial charge on any atom is 0.296 e. The predicted octanol–water partition coefficient (Wildman–Crippen LogP) is 6.67. The van der Waals surface area contributed by atoms with Crippen molar-refractivity contribution in [3.8, 4) is 5.75 Å². The van der Waals surface area contributed by atoms with Crippen LogP contribution in [0.15, 0.2) is 101 Å².